The zero-order chi connectivity index (χ0) is 12.2. The van der Waals surface area contributed by atoms with Crippen molar-refractivity contribution in [3.05, 3.63) is 0 Å². The van der Waals surface area contributed by atoms with Gasteiger partial charge < -0.3 is 15.5 Å². The molecule has 1 atom stereocenters. The number of rotatable bonds is 4. The van der Waals surface area contributed by atoms with Gasteiger partial charge in [-0.3, -0.25) is 4.79 Å². The van der Waals surface area contributed by atoms with Gasteiger partial charge in [0.25, 0.3) is 0 Å². The Bertz CT molecular complexity index is 241. The van der Waals surface area contributed by atoms with Crippen molar-refractivity contribution < 1.29 is 4.79 Å². The maximum atomic E-state index is 11.9. The smallest absolute Gasteiger partial charge is 0.237 e. The maximum absolute atomic E-state index is 11.9. The summed E-state index contributed by atoms with van der Waals surface area (Å²) in [5, 5.41) is 6.29. The highest BCUT2D eigenvalue weighted by atomic mass is 35.5. The molecule has 0 unspecified atom stereocenters. The average Bonchev–Trinajstić information content (AvgIpc) is 2.27. The molecule has 0 radical (unpaired) electrons. The lowest BCUT2D eigenvalue weighted by Gasteiger charge is -2.33. The van der Waals surface area contributed by atoms with E-state index in [1.54, 1.807) is 0 Å². The van der Waals surface area contributed by atoms with Crippen LogP contribution in [0.2, 0.25) is 0 Å². The van der Waals surface area contributed by atoms with Crippen LogP contribution >= 0.6 is 24.8 Å². The molecule has 1 fully saturated rings. The van der Waals surface area contributed by atoms with E-state index >= 15 is 0 Å². The molecule has 2 N–H and O–H groups in total. The van der Waals surface area contributed by atoms with Gasteiger partial charge in [-0.2, -0.15) is 0 Å². The molecule has 0 spiro atoms. The van der Waals surface area contributed by atoms with E-state index < -0.39 is 0 Å². The maximum Gasteiger partial charge on any atom is 0.237 e. The van der Waals surface area contributed by atoms with Gasteiger partial charge in [0.1, 0.15) is 0 Å². The number of carbonyl (C=O) groups excluding carboxylic acids is 1. The highest BCUT2D eigenvalue weighted by molar-refractivity contribution is 5.85. The van der Waals surface area contributed by atoms with Crippen molar-refractivity contribution >= 4 is 30.7 Å². The molecule has 110 valence electrons. The molecule has 6 heteroatoms. The molecule has 4 nitrogen and oxygen atoms in total. The molecule has 1 saturated heterocycles. The third kappa shape index (κ3) is 6.23. The van der Waals surface area contributed by atoms with Crippen LogP contribution in [-0.4, -0.2) is 49.6 Å². The second-order valence-corrected chi connectivity index (χ2v) is 5.43. The van der Waals surface area contributed by atoms with Crippen molar-refractivity contribution in [2.75, 3.05) is 27.2 Å². The molecule has 0 aromatic rings. The molecule has 1 aliphatic heterocycles. The standard InChI is InChI=1S/C12H25N3O.2ClH/c1-12(2,15(3)4)9-14-11(16)10-7-5-6-8-13-10;;/h10,13H,5-9H2,1-4H3,(H,14,16);2*1H/t10-;;/m0../s1. The van der Waals surface area contributed by atoms with Crippen LogP contribution in [0.15, 0.2) is 0 Å². The summed E-state index contributed by atoms with van der Waals surface area (Å²) in [5.41, 5.74) is 0.00429. The second kappa shape index (κ2) is 8.97. The van der Waals surface area contributed by atoms with Crippen LogP contribution in [0.5, 0.6) is 0 Å². The average molecular weight is 300 g/mol. The van der Waals surface area contributed by atoms with Crippen molar-refractivity contribution in [3.8, 4) is 0 Å². The van der Waals surface area contributed by atoms with Gasteiger partial charge in [0.2, 0.25) is 5.91 Å². The van der Waals surface area contributed by atoms with E-state index in [9.17, 15) is 4.79 Å². The Hall–Kier alpha value is -0.0300. The quantitative estimate of drug-likeness (QED) is 0.825. The van der Waals surface area contributed by atoms with E-state index in [1.165, 1.54) is 6.42 Å². The summed E-state index contributed by atoms with van der Waals surface area (Å²) >= 11 is 0. The first kappa shape index (κ1) is 20.3. The summed E-state index contributed by atoms with van der Waals surface area (Å²) < 4.78 is 0. The number of hydrogen-bond donors (Lipinski definition) is 2. The van der Waals surface area contributed by atoms with Crippen LogP contribution in [0.4, 0.5) is 0 Å². The van der Waals surface area contributed by atoms with Crippen molar-refractivity contribution in [1.82, 2.24) is 15.5 Å². The van der Waals surface area contributed by atoms with Crippen LogP contribution in [0, 0.1) is 0 Å². The number of amides is 1. The molecule has 0 aromatic carbocycles. The van der Waals surface area contributed by atoms with Crippen LogP contribution in [0.1, 0.15) is 33.1 Å². The molecule has 1 rings (SSSR count). The SMILES string of the molecule is CN(C)C(C)(C)CNC(=O)[C@@H]1CCCCN1.Cl.Cl. The Labute approximate surface area is 123 Å². The predicted octanol–water partition coefficient (Wildman–Crippen LogP) is 1.43. The van der Waals surface area contributed by atoms with E-state index in [0.717, 1.165) is 19.4 Å². The minimum Gasteiger partial charge on any atom is -0.353 e. The summed E-state index contributed by atoms with van der Waals surface area (Å²) in [4.78, 5) is 14.0. The molecule has 0 aromatic heterocycles. The Kier molecular flexibility index (Phi) is 10.1. The number of likely N-dealkylation sites (N-methyl/N-ethyl adjacent to an activating group) is 1. The fraction of sp³-hybridized carbons (Fsp3) is 0.917. The summed E-state index contributed by atoms with van der Waals surface area (Å²) in [6, 6.07) is 0.0201. The first-order valence-electron chi connectivity index (χ1n) is 6.12. The molecule has 1 amide bonds. The van der Waals surface area contributed by atoms with Crippen molar-refractivity contribution in [2.24, 2.45) is 0 Å². The minimum atomic E-state index is 0. The molecule has 0 aliphatic carbocycles. The van der Waals surface area contributed by atoms with Crippen molar-refractivity contribution in [1.29, 1.82) is 0 Å². The summed E-state index contributed by atoms with van der Waals surface area (Å²) in [5.74, 6) is 0.148. The molecule has 1 aliphatic rings. The van der Waals surface area contributed by atoms with Crippen LogP contribution in [0.3, 0.4) is 0 Å². The fourth-order valence-electron chi connectivity index (χ4n) is 1.66. The highest BCUT2D eigenvalue weighted by Crippen LogP contribution is 2.10. The van der Waals surface area contributed by atoms with Crippen molar-refractivity contribution in [2.45, 2.75) is 44.7 Å². The second-order valence-electron chi connectivity index (χ2n) is 5.43. The Balaban J connectivity index is 0. The Morgan fingerprint density at radius 2 is 1.94 bits per heavy atom. The monoisotopic (exact) mass is 299 g/mol. The predicted molar refractivity (Wildman–Crippen MR) is 80.9 cm³/mol. The van der Waals surface area contributed by atoms with E-state index in [0.29, 0.717) is 6.54 Å². The molecular formula is C12H27Cl2N3O. The highest BCUT2D eigenvalue weighted by Gasteiger charge is 2.24. The minimum absolute atomic E-state index is 0. The summed E-state index contributed by atoms with van der Waals surface area (Å²) in [6.07, 6.45) is 3.31. The lowest BCUT2D eigenvalue weighted by Crippen LogP contribution is -2.53. The van der Waals surface area contributed by atoms with E-state index in [-0.39, 0.29) is 42.3 Å². The molecule has 0 saturated carbocycles. The van der Waals surface area contributed by atoms with E-state index in [4.69, 9.17) is 0 Å². The largest absolute Gasteiger partial charge is 0.353 e. The molecule has 0 bridgehead atoms. The number of carbonyl (C=O) groups is 1. The van der Waals surface area contributed by atoms with Gasteiger partial charge in [-0.1, -0.05) is 6.42 Å². The first-order valence-corrected chi connectivity index (χ1v) is 6.12. The third-order valence-corrected chi connectivity index (χ3v) is 3.53. The molecule has 18 heavy (non-hydrogen) atoms. The fourth-order valence-corrected chi connectivity index (χ4v) is 1.66. The first-order chi connectivity index (χ1) is 7.43. The van der Waals surface area contributed by atoms with E-state index in [2.05, 4.69) is 29.4 Å². The van der Waals surface area contributed by atoms with Crippen molar-refractivity contribution in [3.63, 3.8) is 0 Å². The van der Waals surface area contributed by atoms with Gasteiger partial charge in [0.05, 0.1) is 6.04 Å². The topological polar surface area (TPSA) is 44.4 Å². The van der Waals surface area contributed by atoms with Crippen LogP contribution in [0.25, 0.3) is 0 Å². The number of nitrogens with one attached hydrogen (secondary N) is 2. The van der Waals surface area contributed by atoms with Crippen LogP contribution in [-0.2, 0) is 4.79 Å². The third-order valence-electron chi connectivity index (χ3n) is 3.53. The Morgan fingerprint density at radius 3 is 2.39 bits per heavy atom. The summed E-state index contributed by atoms with van der Waals surface area (Å²) in [6.45, 7) is 5.91. The normalized spacial score (nSPS) is 19.7. The Morgan fingerprint density at radius 1 is 1.33 bits per heavy atom. The lowest BCUT2D eigenvalue weighted by atomic mass is 10.0. The number of halogens is 2. The zero-order valence-electron chi connectivity index (χ0n) is 11.8. The number of piperidine rings is 1. The van der Waals surface area contributed by atoms with Crippen LogP contribution < -0.4 is 10.6 Å². The number of hydrogen-bond acceptors (Lipinski definition) is 3. The van der Waals surface area contributed by atoms with Gasteiger partial charge in [0.15, 0.2) is 0 Å². The molecule has 1 heterocycles. The number of nitrogens with zero attached hydrogens (tertiary/aromatic N) is 1. The van der Waals surface area contributed by atoms with Gasteiger partial charge in [-0.05, 0) is 47.3 Å². The van der Waals surface area contributed by atoms with Gasteiger partial charge in [-0.25, -0.2) is 0 Å². The van der Waals surface area contributed by atoms with E-state index in [1.807, 2.05) is 14.1 Å². The van der Waals surface area contributed by atoms with Gasteiger partial charge in [0, 0.05) is 12.1 Å². The zero-order valence-corrected chi connectivity index (χ0v) is 13.4. The van der Waals surface area contributed by atoms with Gasteiger partial charge in [-0.15, -0.1) is 24.8 Å². The summed E-state index contributed by atoms with van der Waals surface area (Å²) in [7, 11) is 4.07. The van der Waals surface area contributed by atoms with Gasteiger partial charge >= 0.3 is 0 Å². The molecular weight excluding hydrogens is 273 g/mol. The lowest BCUT2D eigenvalue weighted by molar-refractivity contribution is -0.124.